The van der Waals surface area contributed by atoms with Crippen molar-refractivity contribution in [3.05, 3.63) is 84.6 Å². The van der Waals surface area contributed by atoms with Crippen molar-refractivity contribution in [2.75, 3.05) is 31.7 Å². The lowest BCUT2D eigenvalue weighted by atomic mass is 10.2. The molecule has 0 N–H and O–H groups in total. The first kappa shape index (κ1) is 25.6. The maximum Gasteiger partial charge on any atom is 0.416 e. The van der Waals surface area contributed by atoms with Gasteiger partial charge in [-0.15, -0.1) is 0 Å². The molecule has 1 heterocycles. The third-order valence-corrected chi connectivity index (χ3v) is 5.29. The van der Waals surface area contributed by atoms with Crippen molar-refractivity contribution in [2.45, 2.75) is 26.4 Å². The molecule has 0 aliphatic rings. The molecule has 0 spiro atoms. The van der Waals surface area contributed by atoms with E-state index in [1.54, 1.807) is 44.3 Å². The summed E-state index contributed by atoms with van der Waals surface area (Å²) in [5.74, 6) is 1.50. The van der Waals surface area contributed by atoms with E-state index in [9.17, 15) is 9.59 Å². The Morgan fingerprint density at radius 1 is 0.943 bits per heavy atom. The third kappa shape index (κ3) is 7.74. The number of aromatic nitrogens is 1. The first-order valence-electron chi connectivity index (χ1n) is 11.5. The van der Waals surface area contributed by atoms with Gasteiger partial charge in [0, 0.05) is 19.8 Å². The van der Waals surface area contributed by atoms with Crippen LogP contribution in [-0.4, -0.2) is 54.8 Å². The molecule has 0 fully saturated rings. The molecule has 0 radical (unpaired) electrons. The number of esters is 1. The molecular weight excluding hydrogens is 446 g/mol. The highest BCUT2D eigenvalue weighted by Crippen LogP contribution is 2.18. The van der Waals surface area contributed by atoms with Crippen molar-refractivity contribution in [2.24, 2.45) is 0 Å². The van der Waals surface area contributed by atoms with Gasteiger partial charge in [-0.05, 0) is 55.8 Å². The minimum atomic E-state index is -0.816. The maximum absolute atomic E-state index is 12.9. The summed E-state index contributed by atoms with van der Waals surface area (Å²) in [4.78, 5) is 33.0. The number of nitrogens with zero attached hydrogens (tertiary/aromatic N) is 3. The maximum atomic E-state index is 12.9. The van der Waals surface area contributed by atoms with Crippen molar-refractivity contribution in [3.8, 4) is 11.5 Å². The molecule has 8 heteroatoms. The van der Waals surface area contributed by atoms with Crippen LogP contribution in [0, 0.1) is 0 Å². The lowest BCUT2D eigenvalue weighted by Gasteiger charge is -2.27. The number of amides is 1. The number of pyridine rings is 1. The Bertz CT molecular complexity index is 1060. The van der Waals surface area contributed by atoms with Crippen molar-refractivity contribution < 1.29 is 23.8 Å². The summed E-state index contributed by atoms with van der Waals surface area (Å²) in [6, 6.07) is 21.1. The number of carbonyl (C=O) groups is 2. The van der Waals surface area contributed by atoms with Gasteiger partial charge in [-0.3, -0.25) is 4.90 Å². The Labute approximate surface area is 206 Å². The summed E-state index contributed by atoms with van der Waals surface area (Å²) >= 11 is 0. The highest BCUT2D eigenvalue weighted by molar-refractivity contribution is 5.81. The molecule has 1 amide bonds. The van der Waals surface area contributed by atoms with Crippen LogP contribution in [0.15, 0.2) is 79.0 Å². The van der Waals surface area contributed by atoms with Crippen LogP contribution >= 0.6 is 0 Å². The third-order valence-electron chi connectivity index (χ3n) is 5.29. The van der Waals surface area contributed by atoms with Crippen LogP contribution < -0.4 is 14.4 Å². The fourth-order valence-electron chi connectivity index (χ4n) is 3.28. The highest BCUT2D eigenvalue weighted by atomic mass is 16.6. The molecule has 3 aromatic rings. The molecule has 0 aliphatic carbocycles. The molecule has 1 atom stereocenters. The first-order chi connectivity index (χ1) is 17.0. The minimum absolute atomic E-state index is 0.175. The van der Waals surface area contributed by atoms with Gasteiger partial charge in [0.15, 0.2) is 0 Å². The Hall–Kier alpha value is -4.07. The van der Waals surface area contributed by atoms with E-state index in [4.69, 9.17) is 14.2 Å². The van der Waals surface area contributed by atoms with E-state index in [0.29, 0.717) is 24.7 Å². The van der Waals surface area contributed by atoms with Gasteiger partial charge in [-0.25, -0.2) is 14.6 Å². The van der Waals surface area contributed by atoms with E-state index in [0.717, 1.165) is 11.4 Å². The molecule has 8 nitrogen and oxygen atoms in total. The molecule has 184 valence electrons. The Kier molecular flexibility index (Phi) is 9.48. The average molecular weight is 478 g/mol. The molecular formula is C27H31N3O5. The SMILES string of the molecule is CCOC(=O)[C@H](C)N(Cc1ccc(OCCN(C)c2ccccn2)cc1)C(=O)Oc1ccccc1. The van der Waals surface area contributed by atoms with Crippen LogP contribution in [0.4, 0.5) is 10.6 Å². The smallest absolute Gasteiger partial charge is 0.416 e. The van der Waals surface area contributed by atoms with Crippen molar-refractivity contribution >= 4 is 17.9 Å². The number of hydrogen-bond donors (Lipinski definition) is 0. The quantitative estimate of drug-likeness (QED) is 0.375. The Morgan fingerprint density at radius 2 is 1.66 bits per heavy atom. The number of benzene rings is 2. The molecule has 2 aromatic carbocycles. The molecule has 0 saturated heterocycles. The van der Waals surface area contributed by atoms with Crippen LogP contribution in [-0.2, 0) is 16.1 Å². The first-order valence-corrected chi connectivity index (χ1v) is 11.5. The second kappa shape index (κ2) is 13.0. The largest absolute Gasteiger partial charge is 0.492 e. The topological polar surface area (TPSA) is 81.2 Å². The summed E-state index contributed by atoms with van der Waals surface area (Å²) in [5, 5.41) is 0. The zero-order valence-corrected chi connectivity index (χ0v) is 20.3. The molecule has 0 saturated carbocycles. The Morgan fingerprint density at radius 3 is 2.31 bits per heavy atom. The fourth-order valence-corrected chi connectivity index (χ4v) is 3.28. The zero-order valence-electron chi connectivity index (χ0n) is 20.3. The molecule has 0 bridgehead atoms. The number of hydrogen-bond acceptors (Lipinski definition) is 7. The Balaban J connectivity index is 1.61. The molecule has 3 rings (SSSR count). The second-order valence-corrected chi connectivity index (χ2v) is 7.84. The van der Waals surface area contributed by atoms with E-state index in [2.05, 4.69) is 4.98 Å². The van der Waals surface area contributed by atoms with Crippen LogP contribution in [0.2, 0.25) is 0 Å². The van der Waals surface area contributed by atoms with Crippen LogP contribution in [0.25, 0.3) is 0 Å². The van der Waals surface area contributed by atoms with Crippen LogP contribution in [0.3, 0.4) is 0 Å². The zero-order chi connectivity index (χ0) is 25.0. The summed E-state index contributed by atoms with van der Waals surface area (Å²) < 4.78 is 16.5. The monoisotopic (exact) mass is 477 g/mol. The van der Waals surface area contributed by atoms with Crippen molar-refractivity contribution in [1.29, 1.82) is 0 Å². The summed E-state index contributed by atoms with van der Waals surface area (Å²) in [6.07, 6.45) is 1.13. The van der Waals surface area contributed by atoms with Crippen molar-refractivity contribution in [3.63, 3.8) is 0 Å². The number of ether oxygens (including phenoxy) is 3. The van der Waals surface area contributed by atoms with Gasteiger partial charge >= 0.3 is 12.1 Å². The van der Waals surface area contributed by atoms with E-state index in [1.165, 1.54) is 4.90 Å². The molecule has 0 unspecified atom stereocenters. The summed E-state index contributed by atoms with van der Waals surface area (Å²) in [5.41, 5.74) is 0.823. The predicted molar refractivity (Wildman–Crippen MR) is 134 cm³/mol. The number of para-hydroxylation sites is 1. The standard InChI is InChI=1S/C27H31N3O5/c1-4-33-26(31)21(2)30(27(32)35-24-10-6-5-7-11-24)20-22-13-15-23(16-14-22)34-19-18-29(3)25-12-8-9-17-28-25/h5-17,21H,4,18-20H2,1-3H3/t21-/m0/s1. The number of likely N-dealkylation sites (N-methyl/N-ethyl adjacent to an activating group) is 1. The molecule has 35 heavy (non-hydrogen) atoms. The van der Waals surface area contributed by atoms with Gasteiger partial charge in [-0.2, -0.15) is 0 Å². The summed E-state index contributed by atoms with van der Waals surface area (Å²) in [7, 11) is 1.96. The fraction of sp³-hybridized carbons (Fsp3) is 0.296. The van der Waals surface area contributed by atoms with E-state index >= 15 is 0 Å². The van der Waals surface area contributed by atoms with Gasteiger partial charge in [0.2, 0.25) is 0 Å². The van der Waals surface area contributed by atoms with Gasteiger partial charge in [0.25, 0.3) is 0 Å². The molecule has 1 aromatic heterocycles. The number of anilines is 1. The van der Waals surface area contributed by atoms with Gasteiger partial charge in [0.1, 0.15) is 30.0 Å². The number of rotatable bonds is 11. The van der Waals surface area contributed by atoms with Crippen LogP contribution in [0.5, 0.6) is 11.5 Å². The normalized spacial score (nSPS) is 11.3. The minimum Gasteiger partial charge on any atom is -0.492 e. The number of carbonyl (C=O) groups excluding carboxylic acids is 2. The highest BCUT2D eigenvalue weighted by Gasteiger charge is 2.28. The van der Waals surface area contributed by atoms with Gasteiger partial charge in [-0.1, -0.05) is 36.4 Å². The van der Waals surface area contributed by atoms with E-state index < -0.39 is 18.1 Å². The van der Waals surface area contributed by atoms with Gasteiger partial charge in [0.05, 0.1) is 13.2 Å². The van der Waals surface area contributed by atoms with E-state index in [1.807, 2.05) is 60.5 Å². The van der Waals surface area contributed by atoms with Crippen LogP contribution in [0.1, 0.15) is 19.4 Å². The lowest BCUT2D eigenvalue weighted by molar-refractivity contribution is -0.148. The summed E-state index contributed by atoms with van der Waals surface area (Å²) in [6.45, 7) is 4.92. The average Bonchev–Trinajstić information content (AvgIpc) is 2.89. The van der Waals surface area contributed by atoms with E-state index in [-0.39, 0.29) is 13.2 Å². The van der Waals surface area contributed by atoms with Gasteiger partial charge < -0.3 is 19.1 Å². The van der Waals surface area contributed by atoms with Crippen molar-refractivity contribution in [1.82, 2.24) is 9.88 Å². The second-order valence-electron chi connectivity index (χ2n) is 7.84. The predicted octanol–water partition coefficient (Wildman–Crippen LogP) is 4.55. The lowest BCUT2D eigenvalue weighted by Crippen LogP contribution is -2.45. The molecule has 0 aliphatic heterocycles.